The summed E-state index contributed by atoms with van der Waals surface area (Å²) >= 11 is 0. The molecule has 5 nitrogen and oxygen atoms in total. The van der Waals surface area contributed by atoms with Crippen molar-refractivity contribution in [3.8, 4) is 0 Å². The second-order valence-electron chi connectivity index (χ2n) is 5.76. The molecule has 138 valence electrons. The van der Waals surface area contributed by atoms with Crippen molar-refractivity contribution in [2.45, 2.75) is 19.9 Å². The molecule has 3 N–H and O–H groups in total. The van der Waals surface area contributed by atoms with E-state index in [1.54, 1.807) is 31.2 Å². The van der Waals surface area contributed by atoms with Crippen molar-refractivity contribution in [1.29, 1.82) is 0 Å². The van der Waals surface area contributed by atoms with Gasteiger partial charge in [0.15, 0.2) is 11.6 Å². The summed E-state index contributed by atoms with van der Waals surface area (Å²) in [6, 6.07) is 9.88. The van der Waals surface area contributed by atoms with E-state index >= 15 is 0 Å². The third kappa shape index (κ3) is 5.35. The van der Waals surface area contributed by atoms with Crippen LogP contribution in [0.5, 0.6) is 0 Å². The highest BCUT2D eigenvalue weighted by molar-refractivity contribution is 5.97. The molecule has 2 amide bonds. The maximum atomic E-state index is 13.3. The number of hydrogen-bond acceptors (Lipinski definition) is 3. The number of amides is 2. The van der Waals surface area contributed by atoms with Crippen LogP contribution in [0.15, 0.2) is 42.5 Å². The quantitative estimate of drug-likeness (QED) is 0.710. The summed E-state index contributed by atoms with van der Waals surface area (Å²) < 4.78 is 26.2. The summed E-state index contributed by atoms with van der Waals surface area (Å²) in [5.41, 5.74) is 1.49. The van der Waals surface area contributed by atoms with Crippen LogP contribution in [0.2, 0.25) is 0 Å². The van der Waals surface area contributed by atoms with Crippen molar-refractivity contribution in [2.24, 2.45) is 0 Å². The van der Waals surface area contributed by atoms with E-state index in [0.717, 1.165) is 12.1 Å². The Morgan fingerprint density at radius 1 is 1.08 bits per heavy atom. The minimum atomic E-state index is -0.928. The topological polar surface area (TPSA) is 70.2 Å². The molecular formula is C19H21F2N3O2. The predicted octanol–water partition coefficient (Wildman–Crippen LogP) is 3.00. The molecule has 7 heteroatoms. The monoisotopic (exact) mass is 361 g/mol. The second kappa shape index (κ2) is 9.05. The van der Waals surface area contributed by atoms with E-state index in [0.29, 0.717) is 23.4 Å². The molecule has 0 aliphatic heterocycles. The average molecular weight is 361 g/mol. The highest BCUT2D eigenvalue weighted by Crippen LogP contribution is 2.16. The van der Waals surface area contributed by atoms with E-state index in [-0.39, 0.29) is 24.4 Å². The number of halogens is 2. The maximum Gasteiger partial charge on any atom is 0.251 e. The lowest BCUT2D eigenvalue weighted by molar-refractivity contribution is -0.115. The molecule has 0 aliphatic carbocycles. The van der Waals surface area contributed by atoms with Crippen molar-refractivity contribution in [1.82, 2.24) is 10.6 Å². The van der Waals surface area contributed by atoms with Gasteiger partial charge in [-0.2, -0.15) is 0 Å². The molecule has 0 saturated carbocycles. The number of anilines is 1. The Bertz CT molecular complexity index is 796. The predicted molar refractivity (Wildman–Crippen MR) is 95.9 cm³/mol. The fourth-order valence-electron chi connectivity index (χ4n) is 2.35. The lowest BCUT2D eigenvalue weighted by Gasteiger charge is -2.14. The van der Waals surface area contributed by atoms with Gasteiger partial charge in [-0.15, -0.1) is 0 Å². The van der Waals surface area contributed by atoms with E-state index in [2.05, 4.69) is 16.0 Å². The first-order chi connectivity index (χ1) is 12.4. The lowest BCUT2D eigenvalue weighted by atomic mass is 10.1. The highest BCUT2D eigenvalue weighted by atomic mass is 19.2. The van der Waals surface area contributed by atoms with Crippen LogP contribution in [-0.4, -0.2) is 24.9 Å². The van der Waals surface area contributed by atoms with Gasteiger partial charge in [0.05, 0.1) is 6.54 Å². The number of nitrogens with one attached hydrogen (secondary N) is 3. The first kappa shape index (κ1) is 19.5. The molecule has 0 radical (unpaired) electrons. The number of benzene rings is 2. The molecule has 2 rings (SSSR count). The van der Waals surface area contributed by atoms with Crippen LogP contribution >= 0.6 is 0 Å². The van der Waals surface area contributed by atoms with Gasteiger partial charge in [-0.05, 0) is 49.7 Å². The van der Waals surface area contributed by atoms with Gasteiger partial charge < -0.3 is 16.0 Å². The first-order valence-corrected chi connectivity index (χ1v) is 8.27. The van der Waals surface area contributed by atoms with Gasteiger partial charge in [0.25, 0.3) is 5.91 Å². The third-order valence-electron chi connectivity index (χ3n) is 3.76. The van der Waals surface area contributed by atoms with Crippen LogP contribution in [0.1, 0.15) is 35.8 Å². The van der Waals surface area contributed by atoms with E-state index < -0.39 is 11.6 Å². The molecule has 26 heavy (non-hydrogen) atoms. The lowest BCUT2D eigenvalue weighted by Crippen LogP contribution is -2.30. The van der Waals surface area contributed by atoms with Gasteiger partial charge in [-0.3, -0.25) is 9.59 Å². The Labute approximate surface area is 150 Å². The van der Waals surface area contributed by atoms with Crippen LogP contribution in [0.3, 0.4) is 0 Å². The van der Waals surface area contributed by atoms with E-state index in [1.165, 1.54) is 6.07 Å². The molecule has 0 fully saturated rings. The summed E-state index contributed by atoms with van der Waals surface area (Å²) in [7, 11) is 0. The fraction of sp³-hybridized carbons (Fsp3) is 0.263. The van der Waals surface area contributed by atoms with E-state index in [9.17, 15) is 18.4 Å². The van der Waals surface area contributed by atoms with Crippen LogP contribution < -0.4 is 16.0 Å². The fourth-order valence-corrected chi connectivity index (χ4v) is 2.35. The third-order valence-corrected chi connectivity index (χ3v) is 3.76. The summed E-state index contributed by atoms with van der Waals surface area (Å²) in [6.07, 6.45) is 0. The number of carbonyl (C=O) groups excluding carboxylic acids is 2. The number of carbonyl (C=O) groups is 2. The van der Waals surface area contributed by atoms with Crippen molar-refractivity contribution in [3.63, 3.8) is 0 Å². The summed E-state index contributed by atoms with van der Waals surface area (Å²) in [5, 5.41) is 8.32. The normalized spacial score (nSPS) is 11.7. The molecule has 2 aromatic carbocycles. The summed E-state index contributed by atoms with van der Waals surface area (Å²) in [5.74, 6) is -2.37. The molecule has 1 atom stereocenters. The molecule has 0 spiro atoms. The maximum absolute atomic E-state index is 13.3. The minimum Gasteiger partial charge on any atom is -0.352 e. The van der Waals surface area contributed by atoms with Gasteiger partial charge in [-0.25, -0.2) is 8.78 Å². The van der Waals surface area contributed by atoms with Crippen LogP contribution in [0.25, 0.3) is 0 Å². The zero-order valence-corrected chi connectivity index (χ0v) is 14.6. The minimum absolute atomic E-state index is 0.0223. The zero-order chi connectivity index (χ0) is 19.1. The van der Waals surface area contributed by atoms with Crippen molar-refractivity contribution >= 4 is 17.5 Å². The SMILES string of the molecule is CCNC(=O)c1cccc(NC(=O)CN[C@@H](C)c2ccc(F)c(F)c2)c1. The first-order valence-electron chi connectivity index (χ1n) is 8.27. The van der Waals surface area contributed by atoms with E-state index in [4.69, 9.17) is 0 Å². The standard InChI is InChI=1S/C19H21F2N3O2/c1-3-22-19(26)14-5-4-6-15(9-14)24-18(25)11-23-12(2)13-7-8-16(20)17(21)10-13/h4-10,12,23H,3,11H2,1-2H3,(H,22,26)(H,24,25)/t12-/m0/s1. The highest BCUT2D eigenvalue weighted by Gasteiger charge is 2.11. The van der Waals surface area contributed by atoms with E-state index in [1.807, 2.05) is 6.92 Å². The Hall–Kier alpha value is -2.80. The van der Waals surface area contributed by atoms with Crippen LogP contribution in [0, 0.1) is 11.6 Å². The largest absolute Gasteiger partial charge is 0.352 e. The van der Waals surface area contributed by atoms with Crippen LogP contribution in [0.4, 0.5) is 14.5 Å². The molecule has 2 aromatic rings. The zero-order valence-electron chi connectivity index (χ0n) is 14.6. The number of hydrogen-bond donors (Lipinski definition) is 3. The average Bonchev–Trinajstić information content (AvgIpc) is 2.62. The van der Waals surface area contributed by atoms with Crippen molar-refractivity contribution in [3.05, 3.63) is 65.2 Å². The summed E-state index contributed by atoms with van der Waals surface area (Å²) in [4.78, 5) is 23.9. The Balaban J connectivity index is 1.91. The molecule has 0 unspecified atom stereocenters. The van der Waals surface area contributed by atoms with Crippen molar-refractivity contribution in [2.75, 3.05) is 18.4 Å². The molecule has 0 aliphatic rings. The molecule has 0 aromatic heterocycles. The number of rotatable bonds is 7. The van der Waals surface area contributed by atoms with Gasteiger partial charge in [0.1, 0.15) is 0 Å². The molecule has 0 saturated heterocycles. The Morgan fingerprint density at radius 3 is 2.54 bits per heavy atom. The Morgan fingerprint density at radius 2 is 1.85 bits per heavy atom. The second-order valence-corrected chi connectivity index (χ2v) is 5.76. The van der Waals surface area contributed by atoms with Gasteiger partial charge in [0, 0.05) is 23.8 Å². The Kier molecular flexibility index (Phi) is 6.80. The van der Waals surface area contributed by atoms with Gasteiger partial charge in [0.2, 0.25) is 5.91 Å². The molecule has 0 bridgehead atoms. The molecular weight excluding hydrogens is 340 g/mol. The summed E-state index contributed by atoms with van der Waals surface area (Å²) in [6.45, 7) is 4.06. The van der Waals surface area contributed by atoms with Gasteiger partial charge >= 0.3 is 0 Å². The van der Waals surface area contributed by atoms with Crippen LogP contribution in [-0.2, 0) is 4.79 Å². The van der Waals surface area contributed by atoms with Crippen molar-refractivity contribution < 1.29 is 18.4 Å². The molecule has 0 heterocycles. The van der Waals surface area contributed by atoms with Gasteiger partial charge in [-0.1, -0.05) is 12.1 Å². The smallest absolute Gasteiger partial charge is 0.251 e.